The maximum Gasteiger partial charge on any atom is 0.211 e. The van der Waals surface area contributed by atoms with Gasteiger partial charge in [-0.05, 0) is 43.7 Å². The average Bonchev–Trinajstić information content (AvgIpc) is 2.63. The number of rotatable bonds is 6. The molecule has 2 heterocycles. The Balaban J connectivity index is 1.45. The molecule has 7 heteroatoms. The Morgan fingerprint density at radius 1 is 1.19 bits per heavy atom. The van der Waals surface area contributed by atoms with E-state index >= 15 is 0 Å². The van der Waals surface area contributed by atoms with E-state index in [1.165, 1.54) is 6.26 Å². The van der Waals surface area contributed by atoms with Crippen molar-refractivity contribution in [3.8, 4) is 5.75 Å². The van der Waals surface area contributed by atoms with Crippen molar-refractivity contribution in [2.75, 3.05) is 51.4 Å². The molecule has 0 amide bonds. The third kappa shape index (κ3) is 5.34. The maximum atomic E-state index is 11.8. The normalized spacial score (nSPS) is 23.7. The molecule has 0 saturated carbocycles. The van der Waals surface area contributed by atoms with Gasteiger partial charge in [0, 0.05) is 50.5 Å². The van der Waals surface area contributed by atoms with Crippen molar-refractivity contribution in [1.82, 2.24) is 9.21 Å². The van der Waals surface area contributed by atoms with Crippen molar-refractivity contribution in [2.45, 2.75) is 31.7 Å². The van der Waals surface area contributed by atoms with E-state index in [4.69, 9.17) is 4.74 Å². The van der Waals surface area contributed by atoms with E-state index < -0.39 is 10.0 Å². The maximum absolute atomic E-state index is 11.8. The number of benzene rings is 1. The average molecular weight is 382 g/mol. The number of ether oxygens (including phenoxy) is 1. The summed E-state index contributed by atoms with van der Waals surface area (Å²) in [5.74, 6) is 1.33. The minimum Gasteiger partial charge on any atom is -0.497 e. The van der Waals surface area contributed by atoms with E-state index in [9.17, 15) is 8.42 Å². The molecular weight excluding hydrogens is 350 g/mol. The number of sulfonamides is 1. The Morgan fingerprint density at radius 3 is 2.65 bits per heavy atom. The second-order valence-electron chi connectivity index (χ2n) is 7.58. The van der Waals surface area contributed by atoms with Crippen LogP contribution >= 0.6 is 0 Å². The molecule has 146 valence electrons. The lowest BCUT2D eigenvalue weighted by molar-refractivity contribution is 0.154. The first-order valence-corrected chi connectivity index (χ1v) is 11.4. The van der Waals surface area contributed by atoms with Gasteiger partial charge in [-0.1, -0.05) is 6.07 Å². The van der Waals surface area contributed by atoms with E-state index in [0.29, 0.717) is 25.0 Å². The molecule has 0 spiro atoms. The topological polar surface area (TPSA) is 61.9 Å². The monoisotopic (exact) mass is 381 g/mol. The van der Waals surface area contributed by atoms with Crippen LogP contribution in [0.3, 0.4) is 0 Å². The third-order valence-corrected chi connectivity index (χ3v) is 6.76. The van der Waals surface area contributed by atoms with Gasteiger partial charge in [-0.15, -0.1) is 0 Å². The van der Waals surface area contributed by atoms with E-state index in [0.717, 1.165) is 56.8 Å². The molecule has 1 N–H and O–H groups in total. The van der Waals surface area contributed by atoms with Gasteiger partial charge in [0.1, 0.15) is 5.75 Å². The van der Waals surface area contributed by atoms with Gasteiger partial charge in [-0.3, -0.25) is 0 Å². The Kier molecular flexibility index (Phi) is 6.42. The summed E-state index contributed by atoms with van der Waals surface area (Å²) in [6.45, 7) is 4.51. The first-order valence-electron chi connectivity index (χ1n) is 9.52. The minimum atomic E-state index is -3.05. The molecule has 1 aromatic rings. The molecule has 2 fully saturated rings. The van der Waals surface area contributed by atoms with Crippen LogP contribution in [0.2, 0.25) is 0 Å². The van der Waals surface area contributed by atoms with Crippen LogP contribution in [0.5, 0.6) is 5.75 Å². The summed E-state index contributed by atoms with van der Waals surface area (Å²) < 4.78 is 30.5. The number of likely N-dealkylation sites (tertiary alicyclic amines) is 1. The highest BCUT2D eigenvalue weighted by Crippen LogP contribution is 2.23. The highest BCUT2D eigenvalue weighted by atomic mass is 32.2. The molecule has 0 radical (unpaired) electrons. The molecule has 26 heavy (non-hydrogen) atoms. The molecule has 2 aliphatic rings. The lowest BCUT2D eigenvalue weighted by atomic mass is 9.97. The summed E-state index contributed by atoms with van der Waals surface area (Å²) in [5.41, 5.74) is 1.11. The summed E-state index contributed by atoms with van der Waals surface area (Å²) in [4.78, 5) is 2.50. The molecule has 3 rings (SSSR count). The van der Waals surface area contributed by atoms with Gasteiger partial charge >= 0.3 is 0 Å². The Bertz CT molecular complexity index is 687. The van der Waals surface area contributed by atoms with Crippen molar-refractivity contribution in [2.24, 2.45) is 5.92 Å². The molecule has 1 atom stereocenters. The third-order valence-electron chi connectivity index (χ3n) is 5.50. The van der Waals surface area contributed by atoms with Crippen LogP contribution in [0.4, 0.5) is 5.69 Å². The second-order valence-corrected chi connectivity index (χ2v) is 9.56. The standard InChI is InChI=1S/C19H31N3O3S/c1-25-19-7-3-6-18(13-19)20-17-8-11-21(12-9-17)14-16-5-4-10-22(15-16)26(2,23)24/h3,6-7,13,16-17,20H,4-5,8-12,14-15H2,1-2H3/t16-/m0/s1. The number of methoxy groups -OCH3 is 1. The van der Waals surface area contributed by atoms with Crippen molar-refractivity contribution in [1.29, 1.82) is 0 Å². The first kappa shape index (κ1) is 19.5. The van der Waals surface area contributed by atoms with E-state index in [-0.39, 0.29) is 0 Å². The van der Waals surface area contributed by atoms with E-state index in [2.05, 4.69) is 16.3 Å². The zero-order chi connectivity index (χ0) is 18.6. The second kappa shape index (κ2) is 8.59. The van der Waals surface area contributed by atoms with Crippen LogP contribution in [-0.2, 0) is 10.0 Å². The summed E-state index contributed by atoms with van der Waals surface area (Å²) >= 11 is 0. The number of hydrogen-bond acceptors (Lipinski definition) is 5. The fourth-order valence-corrected chi connectivity index (χ4v) is 4.99. The van der Waals surface area contributed by atoms with Gasteiger partial charge in [0.2, 0.25) is 10.0 Å². The predicted octanol–water partition coefficient (Wildman–Crippen LogP) is 2.24. The highest BCUT2D eigenvalue weighted by Gasteiger charge is 2.28. The molecule has 6 nitrogen and oxygen atoms in total. The van der Waals surface area contributed by atoms with Crippen LogP contribution in [0, 0.1) is 5.92 Å². The molecule has 0 aromatic heterocycles. The first-order chi connectivity index (χ1) is 12.4. The van der Waals surface area contributed by atoms with E-state index in [1.54, 1.807) is 11.4 Å². The lowest BCUT2D eigenvalue weighted by Gasteiger charge is -2.37. The largest absolute Gasteiger partial charge is 0.497 e. The molecule has 2 saturated heterocycles. The van der Waals surface area contributed by atoms with Gasteiger partial charge in [-0.2, -0.15) is 0 Å². The predicted molar refractivity (Wildman–Crippen MR) is 105 cm³/mol. The number of anilines is 1. The van der Waals surface area contributed by atoms with Gasteiger partial charge in [-0.25, -0.2) is 12.7 Å². The molecule has 0 bridgehead atoms. The van der Waals surface area contributed by atoms with Crippen LogP contribution in [0.1, 0.15) is 25.7 Å². The fourth-order valence-electron chi connectivity index (χ4n) is 4.05. The SMILES string of the molecule is COc1cccc(NC2CCN(C[C@@H]3CCCN(S(C)(=O)=O)C3)CC2)c1. The van der Waals surface area contributed by atoms with Gasteiger partial charge < -0.3 is 15.0 Å². The molecule has 0 aliphatic carbocycles. The zero-order valence-corrected chi connectivity index (χ0v) is 16.7. The van der Waals surface area contributed by atoms with Crippen molar-refractivity contribution < 1.29 is 13.2 Å². The highest BCUT2D eigenvalue weighted by molar-refractivity contribution is 7.88. The van der Waals surface area contributed by atoms with Gasteiger partial charge in [0.05, 0.1) is 13.4 Å². The Labute approximate surface area is 157 Å². The summed E-state index contributed by atoms with van der Waals surface area (Å²) in [5, 5.41) is 3.61. The van der Waals surface area contributed by atoms with Crippen LogP contribution in [0.25, 0.3) is 0 Å². The Morgan fingerprint density at radius 2 is 1.96 bits per heavy atom. The van der Waals surface area contributed by atoms with Crippen molar-refractivity contribution >= 4 is 15.7 Å². The van der Waals surface area contributed by atoms with Crippen molar-refractivity contribution in [3.63, 3.8) is 0 Å². The Hall–Kier alpha value is -1.31. The molecular formula is C19H31N3O3S. The number of piperidine rings is 2. The van der Waals surface area contributed by atoms with Crippen LogP contribution < -0.4 is 10.1 Å². The van der Waals surface area contributed by atoms with Crippen molar-refractivity contribution in [3.05, 3.63) is 24.3 Å². The number of nitrogens with zero attached hydrogens (tertiary/aromatic N) is 2. The fraction of sp³-hybridized carbons (Fsp3) is 0.684. The molecule has 0 unspecified atom stereocenters. The van der Waals surface area contributed by atoms with Gasteiger partial charge in [0.25, 0.3) is 0 Å². The molecule has 2 aliphatic heterocycles. The number of nitrogens with one attached hydrogen (secondary N) is 1. The van der Waals surface area contributed by atoms with Gasteiger partial charge in [0.15, 0.2) is 0 Å². The summed E-state index contributed by atoms with van der Waals surface area (Å²) in [7, 11) is -1.37. The quantitative estimate of drug-likeness (QED) is 0.819. The number of hydrogen-bond donors (Lipinski definition) is 1. The van der Waals surface area contributed by atoms with Crippen LogP contribution in [-0.4, -0.2) is 69.8 Å². The molecule has 1 aromatic carbocycles. The smallest absolute Gasteiger partial charge is 0.211 e. The minimum absolute atomic E-state index is 0.460. The summed E-state index contributed by atoms with van der Waals surface area (Å²) in [6.07, 6.45) is 5.66. The summed E-state index contributed by atoms with van der Waals surface area (Å²) in [6, 6.07) is 8.56. The lowest BCUT2D eigenvalue weighted by Crippen LogP contribution is -2.46. The zero-order valence-electron chi connectivity index (χ0n) is 15.9. The van der Waals surface area contributed by atoms with E-state index in [1.807, 2.05) is 18.2 Å². The van der Waals surface area contributed by atoms with Crippen LogP contribution in [0.15, 0.2) is 24.3 Å².